The Labute approximate surface area is 75.5 Å². The second kappa shape index (κ2) is 2.69. The van der Waals surface area contributed by atoms with Crippen LogP contribution in [-0.2, 0) is 4.79 Å². The summed E-state index contributed by atoms with van der Waals surface area (Å²) >= 11 is 0. The van der Waals surface area contributed by atoms with Crippen LogP contribution in [0, 0.1) is 0 Å². The van der Waals surface area contributed by atoms with Gasteiger partial charge in [0, 0.05) is 12.0 Å². The predicted molar refractivity (Wildman–Crippen MR) is 47.3 cm³/mol. The molecule has 66 valence electrons. The zero-order valence-corrected chi connectivity index (χ0v) is 6.99. The summed E-state index contributed by atoms with van der Waals surface area (Å²) in [4.78, 5) is 22.4. The van der Waals surface area contributed by atoms with Crippen molar-refractivity contribution in [1.29, 1.82) is 0 Å². The summed E-state index contributed by atoms with van der Waals surface area (Å²) < 4.78 is 0. The van der Waals surface area contributed by atoms with E-state index in [-0.39, 0.29) is 12.2 Å². The second-order valence-electron chi connectivity index (χ2n) is 3.17. The molecule has 1 aliphatic carbocycles. The maximum Gasteiger partial charge on any atom is 0.225 e. The molecule has 2 N–H and O–H groups in total. The molecule has 0 aromatic heterocycles. The average molecular weight is 175 g/mol. The molecule has 1 unspecified atom stereocenters. The molecule has 3 nitrogen and oxygen atoms in total. The van der Waals surface area contributed by atoms with Gasteiger partial charge in [-0.05, 0) is 5.56 Å². The number of ketones is 1. The number of amides is 1. The monoisotopic (exact) mass is 175 g/mol. The van der Waals surface area contributed by atoms with E-state index < -0.39 is 11.8 Å². The van der Waals surface area contributed by atoms with Gasteiger partial charge in [-0.15, -0.1) is 0 Å². The molecule has 1 aromatic carbocycles. The lowest BCUT2D eigenvalue weighted by molar-refractivity contribution is -0.119. The maximum absolute atomic E-state index is 11.4. The Hall–Kier alpha value is -1.64. The second-order valence-corrected chi connectivity index (χ2v) is 3.17. The molecule has 1 atom stereocenters. The highest BCUT2D eigenvalue weighted by molar-refractivity contribution is 6.06. The van der Waals surface area contributed by atoms with Gasteiger partial charge in [0.2, 0.25) is 5.91 Å². The number of fused-ring (bicyclic) bond motifs is 1. The lowest BCUT2D eigenvalue weighted by Gasteiger charge is -2.03. The Balaban J connectivity index is 2.53. The maximum atomic E-state index is 11.4. The van der Waals surface area contributed by atoms with Gasteiger partial charge in [-0.25, -0.2) is 0 Å². The van der Waals surface area contributed by atoms with Gasteiger partial charge in [0.05, 0.1) is 5.92 Å². The van der Waals surface area contributed by atoms with Gasteiger partial charge in [0.25, 0.3) is 0 Å². The van der Waals surface area contributed by atoms with E-state index in [4.69, 9.17) is 5.73 Å². The third-order valence-corrected chi connectivity index (χ3v) is 2.37. The fourth-order valence-corrected chi connectivity index (χ4v) is 1.71. The SMILES string of the molecule is NC(=O)C1CC(=O)c2ccccc21. The molecule has 0 bridgehead atoms. The van der Waals surface area contributed by atoms with E-state index in [2.05, 4.69) is 0 Å². The fourth-order valence-electron chi connectivity index (χ4n) is 1.71. The summed E-state index contributed by atoms with van der Waals surface area (Å²) in [6, 6.07) is 7.13. The Morgan fingerprint density at radius 1 is 1.38 bits per heavy atom. The van der Waals surface area contributed by atoms with Gasteiger partial charge in [0.1, 0.15) is 0 Å². The van der Waals surface area contributed by atoms with Crippen LogP contribution in [0.5, 0.6) is 0 Å². The molecule has 0 fully saturated rings. The van der Waals surface area contributed by atoms with E-state index in [1.807, 2.05) is 6.07 Å². The number of primary amides is 1. The van der Waals surface area contributed by atoms with Crippen LogP contribution in [0.15, 0.2) is 24.3 Å². The van der Waals surface area contributed by atoms with E-state index >= 15 is 0 Å². The van der Waals surface area contributed by atoms with Crippen molar-refractivity contribution in [2.24, 2.45) is 5.73 Å². The van der Waals surface area contributed by atoms with Gasteiger partial charge in [-0.2, -0.15) is 0 Å². The Bertz CT molecular complexity index is 384. The van der Waals surface area contributed by atoms with Crippen molar-refractivity contribution in [2.75, 3.05) is 0 Å². The Morgan fingerprint density at radius 2 is 2.08 bits per heavy atom. The molecule has 1 aromatic rings. The molecule has 3 heteroatoms. The van der Waals surface area contributed by atoms with Crippen LogP contribution in [0.1, 0.15) is 28.3 Å². The number of hydrogen-bond acceptors (Lipinski definition) is 2. The first-order chi connectivity index (χ1) is 6.20. The zero-order valence-electron chi connectivity index (χ0n) is 6.99. The number of carbonyl (C=O) groups is 2. The van der Waals surface area contributed by atoms with Gasteiger partial charge in [-0.3, -0.25) is 9.59 Å². The summed E-state index contributed by atoms with van der Waals surface area (Å²) in [7, 11) is 0. The molecular weight excluding hydrogens is 166 g/mol. The highest BCUT2D eigenvalue weighted by atomic mass is 16.1. The molecular formula is C10H9NO2. The van der Waals surface area contributed by atoms with Gasteiger partial charge < -0.3 is 5.73 Å². The highest BCUT2D eigenvalue weighted by Crippen LogP contribution is 2.32. The van der Waals surface area contributed by atoms with E-state index in [1.54, 1.807) is 18.2 Å². The van der Waals surface area contributed by atoms with Crippen LogP contribution in [0.25, 0.3) is 0 Å². The molecule has 1 aliphatic rings. The zero-order chi connectivity index (χ0) is 9.42. The van der Waals surface area contributed by atoms with Crippen LogP contribution >= 0.6 is 0 Å². The average Bonchev–Trinajstić information content (AvgIpc) is 2.45. The summed E-state index contributed by atoms with van der Waals surface area (Å²) in [5.41, 5.74) is 6.61. The molecule has 13 heavy (non-hydrogen) atoms. The van der Waals surface area contributed by atoms with Crippen molar-refractivity contribution in [3.63, 3.8) is 0 Å². The molecule has 0 saturated carbocycles. The van der Waals surface area contributed by atoms with Crippen molar-refractivity contribution in [2.45, 2.75) is 12.3 Å². The minimum absolute atomic E-state index is 0.0133. The minimum atomic E-state index is -0.418. The van der Waals surface area contributed by atoms with Gasteiger partial charge >= 0.3 is 0 Å². The minimum Gasteiger partial charge on any atom is -0.369 e. The first kappa shape index (κ1) is 7.98. The molecule has 0 heterocycles. The topological polar surface area (TPSA) is 60.2 Å². The number of Topliss-reactive ketones (excluding diaryl/α,β-unsaturated/α-hetero) is 1. The summed E-state index contributed by atoms with van der Waals surface area (Å²) in [6.45, 7) is 0. The van der Waals surface area contributed by atoms with Crippen molar-refractivity contribution in [3.8, 4) is 0 Å². The van der Waals surface area contributed by atoms with Crippen molar-refractivity contribution in [3.05, 3.63) is 35.4 Å². The van der Waals surface area contributed by atoms with Crippen LogP contribution in [0.3, 0.4) is 0 Å². The van der Waals surface area contributed by atoms with Crippen LogP contribution in [0.4, 0.5) is 0 Å². The number of rotatable bonds is 1. The van der Waals surface area contributed by atoms with Crippen LogP contribution in [0.2, 0.25) is 0 Å². The first-order valence-electron chi connectivity index (χ1n) is 4.11. The third-order valence-electron chi connectivity index (χ3n) is 2.37. The van der Waals surface area contributed by atoms with E-state index in [0.717, 1.165) is 5.56 Å². The van der Waals surface area contributed by atoms with E-state index in [9.17, 15) is 9.59 Å². The van der Waals surface area contributed by atoms with Crippen LogP contribution < -0.4 is 5.73 Å². The van der Waals surface area contributed by atoms with Gasteiger partial charge in [0.15, 0.2) is 5.78 Å². The first-order valence-corrected chi connectivity index (χ1v) is 4.11. The van der Waals surface area contributed by atoms with Gasteiger partial charge in [-0.1, -0.05) is 24.3 Å². The van der Waals surface area contributed by atoms with Crippen molar-refractivity contribution >= 4 is 11.7 Å². The lowest BCUT2D eigenvalue weighted by Crippen LogP contribution is -2.19. The molecule has 0 saturated heterocycles. The summed E-state index contributed by atoms with van der Waals surface area (Å²) in [5, 5.41) is 0. The van der Waals surface area contributed by atoms with Crippen molar-refractivity contribution in [1.82, 2.24) is 0 Å². The van der Waals surface area contributed by atoms with Crippen LogP contribution in [-0.4, -0.2) is 11.7 Å². The number of carbonyl (C=O) groups excluding carboxylic acids is 2. The molecule has 0 spiro atoms. The lowest BCUT2D eigenvalue weighted by atomic mass is 10.0. The van der Waals surface area contributed by atoms with E-state index in [1.165, 1.54) is 0 Å². The summed E-state index contributed by atoms with van der Waals surface area (Å²) in [6.07, 6.45) is 0.231. The normalized spacial score (nSPS) is 20.0. The molecule has 1 amide bonds. The quantitative estimate of drug-likeness (QED) is 0.687. The molecule has 0 aliphatic heterocycles. The number of benzene rings is 1. The highest BCUT2D eigenvalue weighted by Gasteiger charge is 2.32. The molecule has 0 radical (unpaired) electrons. The smallest absolute Gasteiger partial charge is 0.225 e. The Kier molecular flexibility index (Phi) is 1.65. The van der Waals surface area contributed by atoms with E-state index in [0.29, 0.717) is 5.56 Å². The Morgan fingerprint density at radius 3 is 2.77 bits per heavy atom. The largest absolute Gasteiger partial charge is 0.369 e. The fraction of sp³-hybridized carbons (Fsp3) is 0.200. The predicted octanol–water partition coefficient (Wildman–Crippen LogP) is 0.842. The number of hydrogen-bond donors (Lipinski definition) is 1. The van der Waals surface area contributed by atoms with Crippen molar-refractivity contribution < 1.29 is 9.59 Å². The summed E-state index contributed by atoms with van der Waals surface area (Å²) in [5.74, 6) is -0.818. The molecule has 2 rings (SSSR count). The third kappa shape index (κ3) is 1.13. The standard InChI is InChI=1S/C10H9NO2/c11-10(13)8-5-9(12)7-4-2-1-3-6(7)8/h1-4,8H,5H2,(H2,11,13). The number of nitrogens with two attached hydrogens (primary N) is 1.